The first kappa shape index (κ1) is 17.0. The van der Waals surface area contributed by atoms with Crippen molar-refractivity contribution in [2.24, 2.45) is 5.92 Å². The largest absolute Gasteiger partial charge is 0.342 e. The van der Waals surface area contributed by atoms with Gasteiger partial charge in [-0.3, -0.25) is 14.4 Å². The van der Waals surface area contributed by atoms with E-state index < -0.39 is 0 Å². The summed E-state index contributed by atoms with van der Waals surface area (Å²) in [6, 6.07) is 10.3. The van der Waals surface area contributed by atoms with Crippen LogP contribution in [0.5, 0.6) is 0 Å². The topological polar surface area (TPSA) is 49.9 Å². The van der Waals surface area contributed by atoms with E-state index in [1.165, 1.54) is 10.6 Å². The van der Waals surface area contributed by atoms with E-state index in [0.717, 1.165) is 32.2 Å². The van der Waals surface area contributed by atoms with Crippen LogP contribution in [0.25, 0.3) is 0 Å². The molecule has 1 aromatic rings. The molecule has 0 spiro atoms. The van der Waals surface area contributed by atoms with Crippen molar-refractivity contribution < 1.29 is 14.4 Å². The van der Waals surface area contributed by atoms with Gasteiger partial charge in [-0.2, -0.15) is 0 Å². The van der Waals surface area contributed by atoms with Gasteiger partial charge in [-0.05, 0) is 37.7 Å². The van der Waals surface area contributed by atoms with E-state index in [-0.39, 0.29) is 17.7 Å². The minimum Gasteiger partial charge on any atom is -0.342 e. The van der Waals surface area contributed by atoms with Crippen LogP contribution in [0.2, 0.25) is 0 Å². The van der Waals surface area contributed by atoms with Crippen molar-refractivity contribution in [2.45, 2.75) is 38.5 Å². The first-order chi connectivity index (χ1) is 11.7. The van der Waals surface area contributed by atoms with Gasteiger partial charge in [-0.15, -0.1) is 0 Å². The number of carbonyl (C=O) groups excluding carboxylic acids is 2. The lowest BCUT2D eigenvalue weighted by Crippen LogP contribution is -2.48. The van der Waals surface area contributed by atoms with Crippen molar-refractivity contribution in [3.63, 3.8) is 0 Å². The van der Waals surface area contributed by atoms with E-state index in [4.69, 9.17) is 4.84 Å². The first-order valence-electron chi connectivity index (χ1n) is 9.00. The van der Waals surface area contributed by atoms with Crippen molar-refractivity contribution in [3.8, 4) is 0 Å². The summed E-state index contributed by atoms with van der Waals surface area (Å²) < 4.78 is 0. The Morgan fingerprint density at radius 3 is 2.79 bits per heavy atom. The predicted molar refractivity (Wildman–Crippen MR) is 91.0 cm³/mol. The molecule has 0 unspecified atom stereocenters. The molecular weight excluding hydrogens is 304 g/mol. The maximum Gasteiger partial charge on any atom is 0.251 e. The third-order valence-corrected chi connectivity index (χ3v) is 4.83. The highest BCUT2D eigenvalue weighted by Crippen LogP contribution is 2.22. The number of hydrogen-bond acceptors (Lipinski definition) is 3. The minimum atomic E-state index is -0.113. The molecule has 1 aromatic carbocycles. The van der Waals surface area contributed by atoms with Crippen LogP contribution < -0.4 is 0 Å². The molecule has 2 aliphatic heterocycles. The number of hydroxylamine groups is 2. The molecule has 2 fully saturated rings. The number of likely N-dealkylation sites (tertiary alicyclic amines) is 1. The predicted octanol–water partition coefficient (Wildman–Crippen LogP) is 2.41. The smallest absolute Gasteiger partial charge is 0.251 e. The quantitative estimate of drug-likeness (QED) is 0.833. The third-order valence-electron chi connectivity index (χ3n) is 4.83. The molecule has 1 atom stereocenters. The van der Waals surface area contributed by atoms with Crippen molar-refractivity contribution in [2.75, 3.05) is 26.2 Å². The zero-order valence-electron chi connectivity index (χ0n) is 14.2. The molecule has 0 saturated carbocycles. The second kappa shape index (κ2) is 8.29. The molecule has 0 radical (unpaired) electrons. The van der Waals surface area contributed by atoms with Gasteiger partial charge in [0, 0.05) is 26.1 Å². The average molecular weight is 330 g/mol. The lowest BCUT2D eigenvalue weighted by Gasteiger charge is -2.35. The maximum atomic E-state index is 12.6. The second-order valence-electron chi connectivity index (χ2n) is 6.65. The Hall–Kier alpha value is -1.88. The number of piperidine rings is 1. The normalized spacial score (nSPS) is 21.8. The monoisotopic (exact) mass is 330 g/mol. The fourth-order valence-corrected chi connectivity index (χ4v) is 3.43. The highest BCUT2D eigenvalue weighted by Gasteiger charge is 2.33. The molecule has 5 nitrogen and oxygen atoms in total. The summed E-state index contributed by atoms with van der Waals surface area (Å²) >= 11 is 0. The number of amides is 2. The average Bonchev–Trinajstić information content (AvgIpc) is 2.64. The molecule has 0 bridgehead atoms. The first-order valence-corrected chi connectivity index (χ1v) is 9.00. The van der Waals surface area contributed by atoms with Crippen LogP contribution in [0, 0.1) is 5.92 Å². The molecule has 2 saturated heterocycles. The van der Waals surface area contributed by atoms with Gasteiger partial charge in [-0.25, -0.2) is 5.06 Å². The van der Waals surface area contributed by atoms with Crippen LogP contribution in [-0.2, 0) is 20.8 Å². The Morgan fingerprint density at radius 2 is 2.04 bits per heavy atom. The summed E-state index contributed by atoms with van der Waals surface area (Å²) in [6.45, 7) is 2.56. The number of hydrogen-bond donors (Lipinski definition) is 0. The lowest BCUT2D eigenvalue weighted by atomic mass is 9.96. The third kappa shape index (κ3) is 4.35. The van der Waals surface area contributed by atoms with Crippen molar-refractivity contribution in [1.82, 2.24) is 9.96 Å². The van der Waals surface area contributed by atoms with Gasteiger partial charge in [0.2, 0.25) is 5.91 Å². The number of nitrogens with zero attached hydrogens (tertiary/aromatic N) is 2. The molecule has 0 aromatic heterocycles. The Balaban J connectivity index is 1.49. The zero-order chi connectivity index (χ0) is 16.8. The highest BCUT2D eigenvalue weighted by molar-refractivity contribution is 5.83. The molecule has 2 aliphatic rings. The SMILES string of the molecule is O=C1CC[C@@H](C(=O)N2CCCCO2)CN1CCCc1ccccc1. The summed E-state index contributed by atoms with van der Waals surface area (Å²) in [5.41, 5.74) is 1.29. The summed E-state index contributed by atoms with van der Waals surface area (Å²) in [7, 11) is 0. The van der Waals surface area contributed by atoms with Gasteiger partial charge >= 0.3 is 0 Å². The Labute approximate surface area is 143 Å². The van der Waals surface area contributed by atoms with Gasteiger partial charge in [0.1, 0.15) is 0 Å². The van der Waals surface area contributed by atoms with Crippen LogP contribution in [0.1, 0.15) is 37.7 Å². The van der Waals surface area contributed by atoms with E-state index in [1.54, 1.807) is 0 Å². The van der Waals surface area contributed by atoms with E-state index in [1.807, 2.05) is 23.1 Å². The summed E-state index contributed by atoms with van der Waals surface area (Å²) in [4.78, 5) is 32.0. The molecule has 3 rings (SSSR count). The Bertz CT molecular complexity index is 555. The molecular formula is C19H26N2O3. The van der Waals surface area contributed by atoms with Crippen LogP contribution in [0.3, 0.4) is 0 Å². The summed E-state index contributed by atoms with van der Waals surface area (Å²) in [5.74, 6) is 0.111. The molecule has 24 heavy (non-hydrogen) atoms. The number of aryl methyl sites for hydroxylation is 1. The lowest BCUT2D eigenvalue weighted by molar-refractivity contribution is -0.202. The summed E-state index contributed by atoms with van der Waals surface area (Å²) in [6.07, 6.45) is 5.01. The van der Waals surface area contributed by atoms with Crippen molar-refractivity contribution in [3.05, 3.63) is 35.9 Å². The highest BCUT2D eigenvalue weighted by atomic mass is 16.7. The molecule has 130 valence electrons. The number of rotatable bonds is 5. The van der Waals surface area contributed by atoms with E-state index in [0.29, 0.717) is 32.5 Å². The minimum absolute atomic E-state index is 0.0512. The number of benzene rings is 1. The van der Waals surface area contributed by atoms with Gasteiger partial charge < -0.3 is 4.90 Å². The van der Waals surface area contributed by atoms with Crippen molar-refractivity contribution in [1.29, 1.82) is 0 Å². The Kier molecular flexibility index (Phi) is 5.86. The molecule has 2 heterocycles. The maximum absolute atomic E-state index is 12.6. The zero-order valence-corrected chi connectivity index (χ0v) is 14.2. The van der Waals surface area contributed by atoms with Crippen LogP contribution in [-0.4, -0.2) is 48.0 Å². The van der Waals surface area contributed by atoms with Crippen molar-refractivity contribution >= 4 is 11.8 Å². The van der Waals surface area contributed by atoms with Gasteiger partial charge in [0.05, 0.1) is 12.5 Å². The molecule has 5 heteroatoms. The van der Waals surface area contributed by atoms with Crippen LogP contribution >= 0.6 is 0 Å². The van der Waals surface area contributed by atoms with Gasteiger partial charge in [0.15, 0.2) is 0 Å². The van der Waals surface area contributed by atoms with Crippen LogP contribution in [0.15, 0.2) is 30.3 Å². The standard InChI is InChI=1S/C19H26N2O3/c22-18-11-10-17(19(23)21-13-4-5-14-24-21)15-20(18)12-6-9-16-7-2-1-3-8-16/h1-3,7-8,17H,4-6,9-15H2/t17-/m1/s1. The second-order valence-corrected chi connectivity index (χ2v) is 6.65. The van der Waals surface area contributed by atoms with E-state index >= 15 is 0 Å². The van der Waals surface area contributed by atoms with Gasteiger partial charge in [-0.1, -0.05) is 30.3 Å². The molecule has 2 amide bonds. The van der Waals surface area contributed by atoms with E-state index in [9.17, 15) is 9.59 Å². The molecule has 0 N–H and O–H groups in total. The van der Waals surface area contributed by atoms with E-state index in [2.05, 4.69) is 12.1 Å². The van der Waals surface area contributed by atoms with Crippen LogP contribution in [0.4, 0.5) is 0 Å². The summed E-state index contributed by atoms with van der Waals surface area (Å²) in [5, 5.41) is 1.52. The fourth-order valence-electron chi connectivity index (χ4n) is 3.43. The fraction of sp³-hybridized carbons (Fsp3) is 0.579. The molecule has 0 aliphatic carbocycles. The Morgan fingerprint density at radius 1 is 1.21 bits per heavy atom. The van der Waals surface area contributed by atoms with Gasteiger partial charge in [0.25, 0.3) is 5.91 Å². The number of carbonyl (C=O) groups is 2.